The number of rotatable bonds is 4. The fourth-order valence-corrected chi connectivity index (χ4v) is 3.47. The zero-order chi connectivity index (χ0) is 19.5. The van der Waals surface area contributed by atoms with Gasteiger partial charge >= 0.3 is 0 Å². The molecule has 0 fully saturated rings. The second kappa shape index (κ2) is 7.80. The molecule has 4 rings (SSSR count). The Hall–Kier alpha value is -3.21. The molecule has 0 saturated carbocycles. The van der Waals surface area contributed by atoms with Crippen molar-refractivity contribution in [2.75, 3.05) is 11.9 Å². The van der Waals surface area contributed by atoms with Crippen LogP contribution in [0.2, 0.25) is 0 Å². The third-order valence-corrected chi connectivity index (χ3v) is 5.15. The Bertz CT molecular complexity index is 982. The van der Waals surface area contributed by atoms with Crippen molar-refractivity contribution in [1.82, 2.24) is 14.9 Å². The van der Waals surface area contributed by atoms with Crippen LogP contribution in [-0.2, 0) is 13.0 Å². The molecule has 5 nitrogen and oxygen atoms in total. The minimum absolute atomic E-state index is 0.0601. The number of aromatic nitrogens is 2. The Morgan fingerprint density at radius 3 is 2.54 bits per heavy atom. The lowest BCUT2D eigenvalue weighted by molar-refractivity contribution is 0.0728. The highest BCUT2D eigenvalue weighted by atomic mass is 16.2. The summed E-state index contributed by atoms with van der Waals surface area (Å²) in [5.41, 5.74) is 5.17. The van der Waals surface area contributed by atoms with Crippen LogP contribution in [0.4, 0.5) is 11.5 Å². The number of nitrogens with one attached hydrogen (secondary N) is 1. The Balaban J connectivity index is 1.48. The summed E-state index contributed by atoms with van der Waals surface area (Å²) in [6.07, 6.45) is 2.32. The molecule has 1 amide bonds. The van der Waals surface area contributed by atoms with E-state index in [4.69, 9.17) is 0 Å². The lowest BCUT2D eigenvalue weighted by atomic mass is 10.00. The third-order valence-electron chi connectivity index (χ3n) is 5.15. The minimum atomic E-state index is -0.0601. The maximum Gasteiger partial charge on any atom is 0.272 e. The van der Waals surface area contributed by atoms with Gasteiger partial charge in [0.1, 0.15) is 17.8 Å². The van der Waals surface area contributed by atoms with Gasteiger partial charge in [-0.1, -0.05) is 50.2 Å². The molecule has 3 aromatic rings. The fourth-order valence-electron chi connectivity index (χ4n) is 3.47. The molecular formula is C23H24N4O. The molecule has 0 saturated heterocycles. The van der Waals surface area contributed by atoms with Crippen LogP contribution in [-0.4, -0.2) is 27.3 Å². The second-order valence-electron chi connectivity index (χ2n) is 7.44. The van der Waals surface area contributed by atoms with Crippen LogP contribution in [0.25, 0.3) is 0 Å². The molecule has 0 spiro atoms. The van der Waals surface area contributed by atoms with Crippen LogP contribution >= 0.6 is 0 Å². The van der Waals surface area contributed by atoms with Crippen LogP contribution in [0.3, 0.4) is 0 Å². The number of hydrogen-bond donors (Lipinski definition) is 1. The van der Waals surface area contributed by atoms with Gasteiger partial charge in [-0.2, -0.15) is 0 Å². The van der Waals surface area contributed by atoms with E-state index < -0.39 is 0 Å². The Morgan fingerprint density at radius 1 is 1.04 bits per heavy atom. The summed E-state index contributed by atoms with van der Waals surface area (Å²) < 4.78 is 0. The van der Waals surface area contributed by atoms with E-state index >= 15 is 0 Å². The van der Waals surface area contributed by atoms with Crippen molar-refractivity contribution in [2.24, 2.45) is 0 Å². The van der Waals surface area contributed by atoms with Gasteiger partial charge in [0.25, 0.3) is 5.91 Å². The molecule has 1 aromatic heterocycles. The van der Waals surface area contributed by atoms with Crippen molar-refractivity contribution >= 4 is 17.4 Å². The SMILES string of the molecule is CC(C)c1ccc(Nc2cc(C(=O)N3CCc4ccccc4C3)ncn2)cc1. The zero-order valence-corrected chi connectivity index (χ0v) is 16.2. The fraction of sp³-hybridized carbons (Fsp3) is 0.261. The molecule has 2 aromatic carbocycles. The number of anilines is 2. The lowest BCUT2D eigenvalue weighted by Crippen LogP contribution is -2.36. The summed E-state index contributed by atoms with van der Waals surface area (Å²) in [5.74, 6) is 1.05. The highest BCUT2D eigenvalue weighted by Gasteiger charge is 2.22. The monoisotopic (exact) mass is 372 g/mol. The summed E-state index contributed by atoms with van der Waals surface area (Å²) in [6.45, 7) is 5.67. The maximum absolute atomic E-state index is 12.9. The molecule has 1 N–H and O–H groups in total. The number of fused-ring (bicyclic) bond motifs is 1. The van der Waals surface area contributed by atoms with Gasteiger partial charge in [0.05, 0.1) is 0 Å². The molecule has 0 unspecified atom stereocenters. The topological polar surface area (TPSA) is 58.1 Å². The molecule has 0 bridgehead atoms. The van der Waals surface area contributed by atoms with Gasteiger partial charge in [-0.3, -0.25) is 4.79 Å². The Kier molecular flexibility index (Phi) is 5.06. The van der Waals surface area contributed by atoms with Crippen molar-refractivity contribution in [3.8, 4) is 0 Å². The van der Waals surface area contributed by atoms with Crippen LogP contribution < -0.4 is 5.32 Å². The summed E-state index contributed by atoms with van der Waals surface area (Å²) in [7, 11) is 0. The number of nitrogens with zero attached hydrogens (tertiary/aromatic N) is 3. The first kappa shape index (κ1) is 18.2. The van der Waals surface area contributed by atoms with Crippen LogP contribution in [0, 0.1) is 0 Å². The van der Waals surface area contributed by atoms with E-state index in [1.54, 1.807) is 6.07 Å². The van der Waals surface area contributed by atoms with Crippen LogP contribution in [0.1, 0.15) is 46.9 Å². The largest absolute Gasteiger partial charge is 0.340 e. The van der Waals surface area contributed by atoms with E-state index in [-0.39, 0.29) is 5.91 Å². The van der Waals surface area contributed by atoms with Crippen molar-refractivity contribution in [1.29, 1.82) is 0 Å². The third kappa shape index (κ3) is 3.88. The first-order valence-corrected chi connectivity index (χ1v) is 9.65. The number of amides is 1. The van der Waals surface area contributed by atoms with Crippen LogP contribution in [0.15, 0.2) is 60.9 Å². The van der Waals surface area contributed by atoms with Gasteiger partial charge < -0.3 is 10.2 Å². The predicted octanol–water partition coefficient (Wildman–Crippen LogP) is 4.54. The van der Waals surface area contributed by atoms with Crippen molar-refractivity contribution in [3.63, 3.8) is 0 Å². The molecule has 28 heavy (non-hydrogen) atoms. The Labute approximate surface area is 165 Å². The highest BCUT2D eigenvalue weighted by Crippen LogP contribution is 2.22. The number of carbonyl (C=O) groups excluding carboxylic acids is 1. The van der Waals surface area contributed by atoms with E-state index in [1.165, 1.54) is 23.0 Å². The summed E-state index contributed by atoms with van der Waals surface area (Å²) >= 11 is 0. The molecule has 5 heteroatoms. The number of carbonyl (C=O) groups is 1. The summed E-state index contributed by atoms with van der Waals surface area (Å²) in [4.78, 5) is 23.3. The molecule has 2 heterocycles. The average molecular weight is 372 g/mol. The molecule has 142 valence electrons. The van der Waals surface area contributed by atoms with Crippen molar-refractivity contribution in [2.45, 2.75) is 32.7 Å². The lowest BCUT2D eigenvalue weighted by Gasteiger charge is -2.28. The molecule has 0 atom stereocenters. The van der Waals surface area contributed by atoms with Gasteiger partial charge in [0.15, 0.2) is 0 Å². The molecule has 1 aliphatic heterocycles. The standard InChI is InChI=1S/C23H24N4O/c1-16(2)17-7-9-20(10-8-17)26-22-13-21(24-15-25-22)23(28)27-12-11-18-5-3-4-6-19(18)14-27/h3-10,13,15-16H,11-12,14H2,1-2H3,(H,24,25,26). The first-order valence-electron chi connectivity index (χ1n) is 9.65. The average Bonchev–Trinajstić information content (AvgIpc) is 2.73. The van der Waals surface area contributed by atoms with E-state index in [2.05, 4.69) is 53.4 Å². The summed E-state index contributed by atoms with van der Waals surface area (Å²) in [6, 6.07) is 18.3. The van der Waals surface area contributed by atoms with E-state index in [9.17, 15) is 4.79 Å². The van der Waals surface area contributed by atoms with E-state index in [1.807, 2.05) is 29.2 Å². The minimum Gasteiger partial charge on any atom is -0.340 e. The molecule has 1 aliphatic rings. The molecule has 0 aliphatic carbocycles. The van der Waals surface area contributed by atoms with Crippen LogP contribution in [0.5, 0.6) is 0 Å². The smallest absolute Gasteiger partial charge is 0.272 e. The maximum atomic E-state index is 12.9. The second-order valence-corrected chi connectivity index (χ2v) is 7.44. The van der Waals surface area contributed by atoms with Gasteiger partial charge in [-0.25, -0.2) is 9.97 Å². The number of hydrogen-bond acceptors (Lipinski definition) is 4. The van der Waals surface area contributed by atoms with E-state index in [0.29, 0.717) is 30.5 Å². The van der Waals surface area contributed by atoms with Gasteiger partial charge in [-0.15, -0.1) is 0 Å². The quantitative estimate of drug-likeness (QED) is 0.730. The zero-order valence-electron chi connectivity index (χ0n) is 16.2. The van der Waals surface area contributed by atoms with Crippen molar-refractivity contribution in [3.05, 3.63) is 83.3 Å². The molecular weight excluding hydrogens is 348 g/mol. The van der Waals surface area contributed by atoms with E-state index in [0.717, 1.165) is 12.1 Å². The summed E-state index contributed by atoms with van der Waals surface area (Å²) in [5, 5.41) is 3.26. The molecule has 0 radical (unpaired) electrons. The number of benzene rings is 2. The Morgan fingerprint density at radius 2 is 1.79 bits per heavy atom. The normalized spacial score (nSPS) is 13.3. The van der Waals surface area contributed by atoms with Gasteiger partial charge in [-0.05, 0) is 41.2 Å². The van der Waals surface area contributed by atoms with Crippen molar-refractivity contribution < 1.29 is 4.79 Å². The first-order chi connectivity index (χ1) is 13.6. The van der Waals surface area contributed by atoms with Gasteiger partial charge in [0.2, 0.25) is 0 Å². The highest BCUT2D eigenvalue weighted by molar-refractivity contribution is 5.93. The predicted molar refractivity (Wildman–Crippen MR) is 111 cm³/mol. The van der Waals surface area contributed by atoms with Gasteiger partial charge in [0, 0.05) is 24.8 Å².